The molecule has 0 radical (unpaired) electrons. The van der Waals surface area contributed by atoms with Gasteiger partial charge in [0, 0.05) is 32.3 Å². The Balaban J connectivity index is 1.96. The van der Waals surface area contributed by atoms with Crippen molar-refractivity contribution >= 4 is 5.82 Å². The molecular formula is C14H24N4O. The van der Waals surface area contributed by atoms with Crippen molar-refractivity contribution in [3.63, 3.8) is 0 Å². The second-order valence-corrected chi connectivity index (χ2v) is 5.40. The lowest BCUT2D eigenvalue weighted by Gasteiger charge is -2.22. The van der Waals surface area contributed by atoms with Crippen LogP contribution in [0.3, 0.4) is 0 Å². The van der Waals surface area contributed by atoms with Crippen LogP contribution in [-0.2, 0) is 11.3 Å². The summed E-state index contributed by atoms with van der Waals surface area (Å²) in [5, 5.41) is 12.0. The number of ether oxygens (including phenoxy) is 1. The van der Waals surface area contributed by atoms with Crippen LogP contribution in [0.4, 0.5) is 5.82 Å². The molecule has 1 aromatic rings. The van der Waals surface area contributed by atoms with E-state index in [0.717, 1.165) is 44.2 Å². The minimum atomic E-state index is 0.256. The van der Waals surface area contributed by atoms with Gasteiger partial charge in [0.1, 0.15) is 0 Å². The van der Waals surface area contributed by atoms with E-state index in [4.69, 9.17) is 4.74 Å². The van der Waals surface area contributed by atoms with Crippen LogP contribution in [0.2, 0.25) is 0 Å². The Labute approximate surface area is 115 Å². The summed E-state index contributed by atoms with van der Waals surface area (Å²) in [5.41, 5.74) is 0.983. The molecule has 1 saturated heterocycles. The Morgan fingerprint density at radius 2 is 2.26 bits per heavy atom. The second kappa shape index (κ2) is 6.82. The fourth-order valence-electron chi connectivity index (χ4n) is 2.13. The first-order valence-electron chi connectivity index (χ1n) is 7.07. The maximum Gasteiger partial charge on any atom is 0.151 e. The van der Waals surface area contributed by atoms with Crippen molar-refractivity contribution in [2.75, 3.05) is 24.6 Å². The second-order valence-electron chi connectivity index (χ2n) is 5.40. The van der Waals surface area contributed by atoms with Crippen molar-refractivity contribution in [1.82, 2.24) is 15.5 Å². The van der Waals surface area contributed by atoms with Crippen LogP contribution >= 0.6 is 0 Å². The first kappa shape index (κ1) is 14.2. The highest BCUT2D eigenvalue weighted by atomic mass is 16.5. The van der Waals surface area contributed by atoms with Gasteiger partial charge in [-0.15, -0.1) is 5.10 Å². The van der Waals surface area contributed by atoms with Gasteiger partial charge in [0.25, 0.3) is 0 Å². The third-order valence-corrected chi connectivity index (χ3v) is 3.17. The molecule has 0 aliphatic carbocycles. The minimum Gasteiger partial charge on any atom is -0.377 e. The average Bonchev–Trinajstić information content (AvgIpc) is 2.62. The summed E-state index contributed by atoms with van der Waals surface area (Å²) in [7, 11) is 0. The molecular weight excluding hydrogens is 240 g/mol. The fraction of sp³-hybridized carbons (Fsp3) is 0.714. The van der Waals surface area contributed by atoms with Crippen molar-refractivity contribution in [3.8, 4) is 0 Å². The van der Waals surface area contributed by atoms with Crippen molar-refractivity contribution in [2.24, 2.45) is 0 Å². The summed E-state index contributed by atoms with van der Waals surface area (Å²) in [5.74, 6) is 0.950. The van der Waals surface area contributed by atoms with Gasteiger partial charge in [0.05, 0.1) is 11.8 Å². The number of hydrogen-bond donors (Lipinski definition) is 1. The smallest absolute Gasteiger partial charge is 0.151 e. The first-order chi connectivity index (χ1) is 9.15. The molecule has 5 nitrogen and oxygen atoms in total. The molecule has 1 unspecified atom stereocenters. The number of nitrogens with one attached hydrogen (secondary N) is 1. The third kappa shape index (κ3) is 4.44. The summed E-state index contributed by atoms with van der Waals surface area (Å²) >= 11 is 0. The standard InChI is InChI=1S/C14H24N4O/c1-11(2)15-9-13-5-6-14(17-16-13)18-7-4-8-19-12(3)10-18/h5-6,11-12,15H,4,7-10H2,1-3H3. The minimum absolute atomic E-state index is 0.256. The molecule has 5 heteroatoms. The molecule has 1 fully saturated rings. The molecule has 0 bridgehead atoms. The highest BCUT2D eigenvalue weighted by Crippen LogP contribution is 2.14. The van der Waals surface area contributed by atoms with E-state index in [-0.39, 0.29) is 6.10 Å². The molecule has 0 aromatic carbocycles. The van der Waals surface area contributed by atoms with E-state index in [1.165, 1.54) is 0 Å². The molecule has 1 atom stereocenters. The lowest BCUT2D eigenvalue weighted by molar-refractivity contribution is 0.0820. The molecule has 0 spiro atoms. The molecule has 1 aromatic heterocycles. The van der Waals surface area contributed by atoms with Gasteiger partial charge in [0.15, 0.2) is 5.82 Å². The lowest BCUT2D eigenvalue weighted by atomic mass is 10.3. The van der Waals surface area contributed by atoms with Gasteiger partial charge in [-0.3, -0.25) is 0 Å². The SMILES string of the molecule is CC(C)NCc1ccc(N2CCCOC(C)C2)nn1. The number of rotatable bonds is 4. The van der Waals surface area contributed by atoms with Crippen LogP contribution in [0.1, 0.15) is 32.9 Å². The van der Waals surface area contributed by atoms with Crippen LogP contribution in [0.15, 0.2) is 12.1 Å². The Morgan fingerprint density at radius 3 is 2.95 bits per heavy atom. The normalized spacial score (nSPS) is 20.6. The van der Waals surface area contributed by atoms with Crippen LogP contribution in [0, 0.1) is 0 Å². The molecule has 1 N–H and O–H groups in total. The van der Waals surface area contributed by atoms with Gasteiger partial charge in [-0.25, -0.2) is 0 Å². The van der Waals surface area contributed by atoms with Crippen LogP contribution < -0.4 is 10.2 Å². The predicted octanol–water partition coefficient (Wildman–Crippen LogP) is 1.59. The zero-order valence-electron chi connectivity index (χ0n) is 12.1. The molecule has 2 rings (SSSR count). The molecule has 0 saturated carbocycles. The predicted molar refractivity (Wildman–Crippen MR) is 76.3 cm³/mol. The zero-order chi connectivity index (χ0) is 13.7. The van der Waals surface area contributed by atoms with Crippen molar-refractivity contribution in [1.29, 1.82) is 0 Å². The van der Waals surface area contributed by atoms with E-state index in [1.54, 1.807) is 0 Å². The van der Waals surface area contributed by atoms with Crippen LogP contribution in [0.25, 0.3) is 0 Å². The van der Waals surface area contributed by atoms with E-state index < -0.39 is 0 Å². The first-order valence-corrected chi connectivity index (χ1v) is 7.07. The summed E-state index contributed by atoms with van der Waals surface area (Å²) in [6, 6.07) is 4.57. The maximum absolute atomic E-state index is 5.64. The number of hydrogen-bond acceptors (Lipinski definition) is 5. The van der Waals surface area contributed by atoms with Gasteiger partial charge < -0.3 is 15.0 Å². The summed E-state index contributed by atoms with van der Waals surface area (Å²) < 4.78 is 5.64. The molecule has 106 valence electrons. The largest absolute Gasteiger partial charge is 0.377 e. The highest BCUT2D eigenvalue weighted by molar-refractivity contribution is 5.37. The summed E-state index contributed by atoms with van der Waals surface area (Å²) in [4.78, 5) is 2.25. The van der Waals surface area contributed by atoms with Gasteiger partial charge in [-0.1, -0.05) is 13.8 Å². The van der Waals surface area contributed by atoms with E-state index >= 15 is 0 Å². The van der Waals surface area contributed by atoms with Crippen LogP contribution in [-0.4, -0.2) is 42.0 Å². The third-order valence-electron chi connectivity index (χ3n) is 3.17. The van der Waals surface area contributed by atoms with E-state index in [2.05, 4.69) is 47.3 Å². The number of nitrogens with zero attached hydrogens (tertiary/aromatic N) is 3. The average molecular weight is 264 g/mol. The van der Waals surface area contributed by atoms with E-state index in [1.807, 2.05) is 6.07 Å². The Bertz CT molecular complexity index is 380. The maximum atomic E-state index is 5.64. The van der Waals surface area contributed by atoms with Crippen molar-refractivity contribution < 1.29 is 4.74 Å². The van der Waals surface area contributed by atoms with Crippen LogP contribution in [0.5, 0.6) is 0 Å². The molecule has 1 aliphatic rings. The Hall–Kier alpha value is -1.20. The number of aromatic nitrogens is 2. The number of anilines is 1. The van der Waals surface area contributed by atoms with E-state index in [0.29, 0.717) is 6.04 Å². The zero-order valence-corrected chi connectivity index (χ0v) is 12.1. The summed E-state index contributed by atoms with van der Waals surface area (Å²) in [6.45, 7) is 9.83. The van der Waals surface area contributed by atoms with E-state index in [9.17, 15) is 0 Å². The Kier molecular flexibility index (Phi) is 5.10. The van der Waals surface area contributed by atoms with Crippen molar-refractivity contribution in [2.45, 2.75) is 45.9 Å². The van der Waals surface area contributed by atoms with Crippen molar-refractivity contribution in [3.05, 3.63) is 17.8 Å². The fourth-order valence-corrected chi connectivity index (χ4v) is 2.13. The monoisotopic (exact) mass is 264 g/mol. The molecule has 2 heterocycles. The van der Waals surface area contributed by atoms with Gasteiger partial charge in [0.2, 0.25) is 0 Å². The van der Waals surface area contributed by atoms with Gasteiger partial charge in [-0.2, -0.15) is 5.10 Å². The quantitative estimate of drug-likeness (QED) is 0.895. The molecule has 1 aliphatic heterocycles. The van der Waals surface area contributed by atoms with Gasteiger partial charge in [-0.05, 0) is 25.5 Å². The topological polar surface area (TPSA) is 50.3 Å². The molecule has 19 heavy (non-hydrogen) atoms. The molecule has 0 amide bonds. The van der Waals surface area contributed by atoms with Gasteiger partial charge >= 0.3 is 0 Å². The Morgan fingerprint density at radius 1 is 1.42 bits per heavy atom. The lowest BCUT2D eigenvalue weighted by Crippen LogP contribution is -2.31. The summed E-state index contributed by atoms with van der Waals surface area (Å²) in [6.07, 6.45) is 1.30. The highest BCUT2D eigenvalue weighted by Gasteiger charge is 2.16.